The van der Waals surface area contributed by atoms with Gasteiger partial charge in [0.15, 0.2) is 0 Å². The van der Waals surface area contributed by atoms with Crippen molar-refractivity contribution in [2.75, 3.05) is 11.5 Å². The zero-order valence-electron chi connectivity index (χ0n) is 7.34. The number of alkyl halides is 3. The third kappa shape index (κ3) is 3.71. The second-order valence-corrected chi connectivity index (χ2v) is 4.62. The van der Waals surface area contributed by atoms with Gasteiger partial charge in [-0.2, -0.15) is 13.2 Å². The van der Waals surface area contributed by atoms with Gasteiger partial charge in [-0.05, 0) is 18.2 Å². The van der Waals surface area contributed by atoms with Crippen molar-refractivity contribution in [3.8, 4) is 0 Å². The molecular weight excluding hydrogens is 251 g/mol. The van der Waals surface area contributed by atoms with E-state index < -0.39 is 22.7 Å². The molecule has 1 unspecified atom stereocenters. The number of nitrogens with two attached hydrogens (primary N) is 1. The Bertz CT molecular complexity index is 394. The zero-order chi connectivity index (χ0) is 11.6. The van der Waals surface area contributed by atoms with E-state index in [4.69, 9.17) is 17.3 Å². The van der Waals surface area contributed by atoms with Crippen LogP contribution in [0.1, 0.15) is 0 Å². The molecule has 1 aromatic rings. The largest absolute Gasteiger partial charge is 0.400 e. The molecule has 0 spiro atoms. The second-order valence-electron chi connectivity index (χ2n) is 2.79. The highest BCUT2D eigenvalue weighted by molar-refractivity contribution is 7.85. The zero-order valence-corrected chi connectivity index (χ0v) is 8.92. The van der Waals surface area contributed by atoms with Crippen LogP contribution < -0.4 is 5.73 Å². The Hall–Kier alpha value is -0.750. The summed E-state index contributed by atoms with van der Waals surface area (Å²) < 4.78 is 47.2. The topological polar surface area (TPSA) is 43.1 Å². The Morgan fingerprint density at radius 1 is 1.40 bits per heavy atom. The van der Waals surface area contributed by atoms with Gasteiger partial charge in [0.05, 0.1) is 20.7 Å². The van der Waals surface area contributed by atoms with Crippen molar-refractivity contribution in [1.82, 2.24) is 0 Å². The van der Waals surface area contributed by atoms with Crippen LogP contribution in [0.15, 0.2) is 23.1 Å². The van der Waals surface area contributed by atoms with Crippen molar-refractivity contribution in [3.05, 3.63) is 23.2 Å². The molecule has 0 saturated carbocycles. The normalized spacial score (nSPS) is 13.9. The van der Waals surface area contributed by atoms with E-state index in [0.717, 1.165) is 0 Å². The van der Waals surface area contributed by atoms with E-state index in [0.29, 0.717) is 0 Å². The summed E-state index contributed by atoms with van der Waals surface area (Å²) in [6.07, 6.45) is -4.49. The maximum Gasteiger partial charge on any atom is 0.400 e. The number of hydrogen-bond acceptors (Lipinski definition) is 2. The Kier molecular flexibility index (Phi) is 3.62. The van der Waals surface area contributed by atoms with Crippen molar-refractivity contribution < 1.29 is 17.4 Å². The van der Waals surface area contributed by atoms with Crippen LogP contribution >= 0.6 is 11.6 Å². The lowest BCUT2D eigenvalue weighted by atomic mass is 10.3. The maximum absolute atomic E-state index is 12.0. The Morgan fingerprint density at radius 2 is 2.00 bits per heavy atom. The Morgan fingerprint density at radius 3 is 2.53 bits per heavy atom. The minimum Gasteiger partial charge on any atom is -0.399 e. The molecule has 0 fully saturated rings. The lowest BCUT2D eigenvalue weighted by Crippen LogP contribution is -2.18. The van der Waals surface area contributed by atoms with Crippen molar-refractivity contribution in [2.45, 2.75) is 11.1 Å². The number of benzene rings is 1. The first-order valence-electron chi connectivity index (χ1n) is 3.80. The van der Waals surface area contributed by atoms with Gasteiger partial charge in [-0.1, -0.05) is 11.6 Å². The van der Waals surface area contributed by atoms with E-state index in [1.54, 1.807) is 0 Å². The van der Waals surface area contributed by atoms with Gasteiger partial charge in [0.25, 0.3) is 0 Å². The summed E-state index contributed by atoms with van der Waals surface area (Å²) in [4.78, 5) is -0.0889. The lowest BCUT2D eigenvalue weighted by Gasteiger charge is -2.08. The molecule has 84 valence electrons. The molecule has 2 N–H and O–H groups in total. The number of anilines is 1. The van der Waals surface area contributed by atoms with E-state index >= 15 is 0 Å². The molecule has 0 saturated heterocycles. The molecule has 0 aliphatic carbocycles. The summed E-state index contributed by atoms with van der Waals surface area (Å²) in [6.45, 7) is 0. The molecule has 0 aromatic heterocycles. The van der Waals surface area contributed by atoms with Crippen LogP contribution in [0.2, 0.25) is 5.02 Å². The van der Waals surface area contributed by atoms with E-state index in [1.165, 1.54) is 18.2 Å². The molecule has 0 amide bonds. The fourth-order valence-corrected chi connectivity index (χ4v) is 2.30. The minimum absolute atomic E-state index is 0.0202. The van der Waals surface area contributed by atoms with Crippen molar-refractivity contribution in [1.29, 1.82) is 0 Å². The molecule has 0 aliphatic heterocycles. The van der Waals surface area contributed by atoms with E-state index in [-0.39, 0.29) is 15.6 Å². The van der Waals surface area contributed by atoms with Crippen molar-refractivity contribution >= 4 is 28.1 Å². The molecule has 0 radical (unpaired) electrons. The van der Waals surface area contributed by atoms with Gasteiger partial charge in [0.1, 0.15) is 5.75 Å². The van der Waals surface area contributed by atoms with Crippen LogP contribution in [0.5, 0.6) is 0 Å². The molecule has 0 aliphatic rings. The lowest BCUT2D eigenvalue weighted by molar-refractivity contribution is -0.105. The van der Waals surface area contributed by atoms with Crippen molar-refractivity contribution in [2.24, 2.45) is 0 Å². The fourth-order valence-electron chi connectivity index (χ4n) is 0.921. The molecule has 7 heteroatoms. The highest BCUT2D eigenvalue weighted by Crippen LogP contribution is 2.26. The molecular formula is C8H7ClF3NOS. The summed E-state index contributed by atoms with van der Waals surface area (Å²) in [5.74, 6) is -1.42. The molecule has 2 nitrogen and oxygen atoms in total. The van der Waals surface area contributed by atoms with Crippen LogP contribution in [-0.4, -0.2) is 16.1 Å². The van der Waals surface area contributed by atoms with Crippen LogP contribution in [0.3, 0.4) is 0 Å². The summed E-state index contributed by atoms with van der Waals surface area (Å²) >= 11 is 5.60. The highest BCUT2D eigenvalue weighted by atomic mass is 35.5. The van der Waals surface area contributed by atoms with Gasteiger partial charge in [-0.25, -0.2) is 0 Å². The fraction of sp³-hybridized carbons (Fsp3) is 0.250. The first-order chi connectivity index (χ1) is 6.79. The SMILES string of the molecule is Nc1ccc(Cl)c(S(=O)CC(F)(F)F)c1. The predicted molar refractivity (Wildman–Crippen MR) is 53.2 cm³/mol. The first-order valence-corrected chi connectivity index (χ1v) is 5.49. The third-order valence-corrected chi connectivity index (χ3v) is 3.35. The molecule has 0 heterocycles. The molecule has 0 bridgehead atoms. The van der Waals surface area contributed by atoms with Crippen LogP contribution in [0.25, 0.3) is 0 Å². The average molecular weight is 258 g/mol. The number of hydrogen-bond donors (Lipinski definition) is 1. The van der Waals surface area contributed by atoms with Crippen molar-refractivity contribution in [3.63, 3.8) is 0 Å². The molecule has 1 aromatic carbocycles. The van der Waals surface area contributed by atoms with E-state index in [2.05, 4.69) is 0 Å². The van der Waals surface area contributed by atoms with E-state index in [9.17, 15) is 17.4 Å². The first kappa shape index (κ1) is 12.3. The number of nitrogen functional groups attached to an aromatic ring is 1. The molecule has 1 rings (SSSR count). The predicted octanol–water partition coefficient (Wildman–Crippen LogP) is 2.59. The molecule has 15 heavy (non-hydrogen) atoms. The smallest absolute Gasteiger partial charge is 0.399 e. The van der Waals surface area contributed by atoms with Gasteiger partial charge in [0.2, 0.25) is 0 Å². The van der Waals surface area contributed by atoms with Gasteiger partial charge in [0, 0.05) is 5.69 Å². The highest BCUT2D eigenvalue weighted by Gasteiger charge is 2.31. The Balaban J connectivity index is 2.96. The van der Waals surface area contributed by atoms with Gasteiger partial charge in [-0.3, -0.25) is 4.21 Å². The standard InChI is InChI=1S/C8H7ClF3NOS/c9-6-2-1-5(13)3-7(6)15(14)4-8(10,11)12/h1-3H,4,13H2. The van der Waals surface area contributed by atoms with Crippen LogP contribution in [0, 0.1) is 0 Å². The maximum atomic E-state index is 12.0. The number of halogens is 4. The summed E-state index contributed by atoms with van der Waals surface area (Å²) in [5.41, 5.74) is 5.58. The number of rotatable bonds is 2. The Labute approximate surface area is 91.7 Å². The van der Waals surface area contributed by atoms with Crippen LogP contribution in [-0.2, 0) is 10.8 Å². The van der Waals surface area contributed by atoms with Gasteiger partial charge >= 0.3 is 6.18 Å². The van der Waals surface area contributed by atoms with Gasteiger partial charge in [-0.15, -0.1) is 0 Å². The van der Waals surface area contributed by atoms with Gasteiger partial charge < -0.3 is 5.73 Å². The van der Waals surface area contributed by atoms with E-state index in [1.807, 2.05) is 0 Å². The molecule has 1 atom stereocenters. The summed E-state index contributed by atoms with van der Waals surface area (Å²) in [5, 5.41) is 0.0202. The monoisotopic (exact) mass is 257 g/mol. The summed E-state index contributed by atoms with van der Waals surface area (Å²) in [6, 6.07) is 3.93. The quantitative estimate of drug-likeness (QED) is 0.828. The third-order valence-electron chi connectivity index (χ3n) is 1.50. The van der Waals surface area contributed by atoms with Crippen LogP contribution in [0.4, 0.5) is 18.9 Å². The minimum atomic E-state index is -4.49. The average Bonchev–Trinajstić information content (AvgIpc) is 2.06. The second kappa shape index (κ2) is 4.40. The summed E-state index contributed by atoms with van der Waals surface area (Å²) in [7, 11) is -2.21.